The molecule has 1 aromatic heterocycles. The number of aromatic nitrogens is 2. The molecule has 0 radical (unpaired) electrons. The molecule has 148 valence electrons. The van der Waals surface area contributed by atoms with Gasteiger partial charge in [0, 0.05) is 44.3 Å². The van der Waals surface area contributed by atoms with Crippen molar-refractivity contribution in [2.24, 2.45) is 0 Å². The van der Waals surface area contributed by atoms with Crippen LogP contribution in [0.2, 0.25) is 5.15 Å². The molecular weight excluding hydrogens is 366 g/mol. The molecule has 3 aliphatic heterocycles. The number of rotatable bonds is 1. The monoisotopic (exact) mass is 393 g/mol. The highest BCUT2D eigenvalue weighted by Gasteiger charge is 2.47. The van der Waals surface area contributed by atoms with Crippen molar-refractivity contribution in [2.45, 2.75) is 70.2 Å². The minimum absolute atomic E-state index is 0.168. The fraction of sp³-hybridized carbons (Fsp3) is 0.737. The molecule has 2 atom stereocenters. The summed E-state index contributed by atoms with van der Waals surface area (Å²) in [6.07, 6.45) is 3.83. The Morgan fingerprint density at radius 1 is 1.15 bits per heavy atom. The lowest BCUT2D eigenvalue weighted by Gasteiger charge is -2.46. The second kappa shape index (κ2) is 6.69. The molecule has 8 heteroatoms. The van der Waals surface area contributed by atoms with Crippen LogP contribution in [0.1, 0.15) is 46.5 Å². The number of halogens is 1. The van der Waals surface area contributed by atoms with Crippen molar-refractivity contribution in [3.63, 3.8) is 0 Å². The lowest BCUT2D eigenvalue weighted by atomic mass is 9.95. The quantitative estimate of drug-likeness (QED) is 0.729. The number of hydrogen-bond donors (Lipinski definition) is 0. The summed E-state index contributed by atoms with van der Waals surface area (Å²) in [5.41, 5.74) is 0.571. The molecule has 4 rings (SSSR count). The normalized spacial score (nSPS) is 27.6. The van der Waals surface area contributed by atoms with Crippen molar-refractivity contribution >= 4 is 29.2 Å². The number of amides is 1. The van der Waals surface area contributed by atoms with Crippen molar-refractivity contribution in [3.05, 3.63) is 11.2 Å². The van der Waals surface area contributed by atoms with E-state index in [0.717, 1.165) is 50.3 Å². The van der Waals surface area contributed by atoms with Gasteiger partial charge >= 0.3 is 6.09 Å². The maximum Gasteiger partial charge on any atom is 0.410 e. The third-order valence-corrected chi connectivity index (χ3v) is 6.02. The SMILES string of the molecule is CN1CCN(C2CC3CCC(C2)N3C(=O)OC(C)(C)C)c2nnc(Cl)cc21. The Kier molecular flexibility index (Phi) is 4.61. The Morgan fingerprint density at radius 3 is 2.44 bits per heavy atom. The van der Waals surface area contributed by atoms with Crippen molar-refractivity contribution in [2.75, 3.05) is 29.9 Å². The van der Waals surface area contributed by atoms with Crippen LogP contribution in [-0.2, 0) is 4.74 Å². The summed E-state index contributed by atoms with van der Waals surface area (Å²) in [6.45, 7) is 7.60. The first-order chi connectivity index (χ1) is 12.7. The van der Waals surface area contributed by atoms with Gasteiger partial charge in [-0.1, -0.05) is 11.6 Å². The number of anilines is 2. The molecule has 0 aromatic carbocycles. The van der Waals surface area contributed by atoms with E-state index in [2.05, 4.69) is 27.0 Å². The zero-order valence-electron chi connectivity index (χ0n) is 16.5. The molecule has 4 heterocycles. The van der Waals surface area contributed by atoms with Crippen LogP contribution in [-0.4, -0.2) is 65.1 Å². The van der Waals surface area contributed by atoms with Crippen LogP contribution in [0.4, 0.5) is 16.3 Å². The maximum atomic E-state index is 12.7. The third kappa shape index (κ3) is 3.53. The van der Waals surface area contributed by atoms with Crippen LogP contribution in [0, 0.1) is 0 Å². The van der Waals surface area contributed by atoms with Gasteiger partial charge in [0.1, 0.15) is 5.60 Å². The highest BCUT2D eigenvalue weighted by atomic mass is 35.5. The highest BCUT2D eigenvalue weighted by Crippen LogP contribution is 2.41. The fourth-order valence-electron chi connectivity index (χ4n) is 4.69. The smallest absolute Gasteiger partial charge is 0.410 e. The van der Waals surface area contributed by atoms with Gasteiger partial charge in [-0.25, -0.2) is 4.79 Å². The molecule has 0 N–H and O–H groups in total. The molecule has 3 aliphatic rings. The van der Waals surface area contributed by atoms with Gasteiger partial charge in [-0.05, 0) is 46.5 Å². The van der Waals surface area contributed by atoms with Crippen molar-refractivity contribution < 1.29 is 9.53 Å². The number of hydrogen-bond acceptors (Lipinski definition) is 6. The number of likely N-dealkylation sites (N-methyl/N-ethyl adjacent to an activating group) is 1. The topological polar surface area (TPSA) is 61.8 Å². The van der Waals surface area contributed by atoms with Gasteiger partial charge in [-0.2, -0.15) is 0 Å². The summed E-state index contributed by atoms with van der Waals surface area (Å²) in [4.78, 5) is 19.2. The van der Waals surface area contributed by atoms with E-state index >= 15 is 0 Å². The van der Waals surface area contributed by atoms with Crippen LogP contribution >= 0.6 is 11.6 Å². The Morgan fingerprint density at radius 2 is 1.81 bits per heavy atom. The van der Waals surface area contributed by atoms with E-state index in [1.807, 2.05) is 31.7 Å². The molecule has 0 saturated carbocycles. The largest absolute Gasteiger partial charge is 0.444 e. The van der Waals surface area contributed by atoms with Crippen molar-refractivity contribution in [1.82, 2.24) is 15.1 Å². The molecular formula is C19H28ClN5O2. The minimum Gasteiger partial charge on any atom is -0.444 e. The number of carbonyl (C=O) groups excluding carboxylic acids is 1. The van der Waals surface area contributed by atoms with Gasteiger partial charge in [-0.3, -0.25) is 0 Å². The Hall–Kier alpha value is -1.76. The first kappa shape index (κ1) is 18.6. The molecule has 0 aliphatic carbocycles. The first-order valence-electron chi connectivity index (χ1n) is 9.75. The summed E-state index contributed by atoms with van der Waals surface area (Å²) in [5, 5.41) is 8.89. The molecule has 2 fully saturated rings. The summed E-state index contributed by atoms with van der Waals surface area (Å²) in [5.74, 6) is 0.906. The number of nitrogens with zero attached hydrogens (tertiary/aromatic N) is 5. The van der Waals surface area contributed by atoms with E-state index < -0.39 is 5.60 Å². The average molecular weight is 394 g/mol. The summed E-state index contributed by atoms with van der Waals surface area (Å²) >= 11 is 6.06. The molecule has 2 unspecified atom stereocenters. The van der Waals surface area contributed by atoms with Crippen LogP contribution < -0.4 is 9.80 Å². The second-order valence-electron chi connectivity index (χ2n) is 8.89. The van der Waals surface area contributed by atoms with E-state index in [0.29, 0.717) is 11.2 Å². The van der Waals surface area contributed by atoms with Gasteiger partial charge in [0.05, 0.1) is 5.69 Å². The number of piperidine rings is 1. The van der Waals surface area contributed by atoms with Crippen LogP contribution in [0.3, 0.4) is 0 Å². The molecule has 1 aromatic rings. The van der Waals surface area contributed by atoms with Gasteiger partial charge < -0.3 is 19.4 Å². The molecule has 1 amide bonds. The fourth-order valence-corrected chi connectivity index (χ4v) is 4.83. The predicted molar refractivity (Wildman–Crippen MR) is 106 cm³/mol. The van der Waals surface area contributed by atoms with E-state index in [1.54, 1.807) is 0 Å². The Balaban J connectivity index is 1.53. The van der Waals surface area contributed by atoms with Gasteiger partial charge in [0.25, 0.3) is 0 Å². The molecule has 0 spiro atoms. The molecule has 27 heavy (non-hydrogen) atoms. The lowest BCUT2D eigenvalue weighted by Crippen LogP contribution is -2.55. The minimum atomic E-state index is -0.460. The lowest BCUT2D eigenvalue weighted by molar-refractivity contribution is 0.00581. The van der Waals surface area contributed by atoms with E-state index in [4.69, 9.17) is 16.3 Å². The zero-order valence-corrected chi connectivity index (χ0v) is 17.2. The Labute approximate surface area is 165 Å². The third-order valence-electron chi connectivity index (χ3n) is 5.84. The standard InChI is InChI=1S/C19H28ClN5O2/c1-19(2,3)27-18(26)25-12-5-6-13(25)10-14(9-12)24-8-7-23(4)15-11-16(20)21-22-17(15)24/h11-14H,5-10H2,1-4H3. The van der Waals surface area contributed by atoms with E-state index in [1.165, 1.54) is 0 Å². The molecule has 2 bridgehead atoms. The van der Waals surface area contributed by atoms with Crippen molar-refractivity contribution in [1.29, 1.82) is 0 Å². The summed E-state index contributed by atoms with van der Waals surface area (Å²) in [7, 11) is 2.06. The van der Waals surface area contributed by atoms with Crippen molar-refractivity contribution in [3.8, 4) is 0 Å². The average Bonchev–Trinajstić information content (AvgIpc) is 2.85. The van der Waals surface area contributed by atoms with Gasteiger partial charge in [-0.15, -0.1) is 10.2 Å². The van der Waals surface area contributed by atoms with Gasteiger partial charge in [0.15, 0.2) is 11.0 Å². The van der Waals surface area contributed by atoms with Gasteiger partial charge in [0.2, 0.25) is 0 Å². The molecule has 2 saturated heterocycles. The molecule has 7 nitrogen and oxygen atoms in total. The van der Waals surface area contributed by atoms with Crippen LogP contribution in [0.5, 0.6) is 0 Å². The summed E-state index contributed by atoms with van der Waals surface area (Å²) < 4.78 is 5.65. The van der Waals surface area contributed by atoms with E-state index in [9.17, 15) is 4.79 Å². The number of carbonyl (C=O) groups is 1. The second-order valence-corrected chi connectivity index (χ2v) is 9.28. The van der Waals surface area contributed by atoms with Crippen LogP contribution in [0.15, 0.2) is 6.07 Å². The summed E-state index contributed by atoms with van der Waals surface area (Å²) in [6, 6.07) is 2.74. The predicted octanol–water partition coefficient (Wildman–Crippen LogP) is 3.32. The first-order valence-corrected chi connectivity index (χ1v) is 10.1. The number of ether oxygens (including phenoxy) is 1. The Bertz CT molecular complexity index is 723. The van der Waals surface area contributed by atoms with Crippen LogP contribution in [0.25, 0.3) is 0 Å². The highest BCUT2D eigenvalue weighted by molar-refractivity contribution is 6.29. The van der Waals surface area contributed by atoms with E-state index in [-0.39, 0.29) is 18.2 Å². The zero-order chi connectivity index (χ0) is 19.3. The maximum absolute atomic E-state index is 12.7. The number of fused-ring (bicyclic) bond motifs is 3.